The van der Waals surface area contributed by atoms with Gasteiger partial charge in [-0.05, 0) is 6.42 Å². The molecule has 0 spiro atoms. The Balaban J connectivity index is 2.74. The van der Waals surface area contributed by atoms with Gasteiger partial charge in [0.2, 0.25) is 5.75 Å². The quantitative estimate of drug-likeness (QED) is 0.567. The lowest BCUT2D eigenvalue weighted by Crippen LogP contribution is -2.04. The zero-order valence-corrected chi connectivity index (χ0v) is 10.4. The van der Waals surface area contributed by atoms with E-state index in [-0.39, 0.29) is 13.0 Å². The van der Waals surface area contributed by atoms with E-state index < -0.39 is 5.97 Å². The number of nitrogens with two attached hydrogens (primary N) is 1. The van der Waals surface area contributed by atoms with Crippen LogP contribution in [-0.4, -0.2) is 31.9 Å². The highest BCUT2D eigenvalue weighted by Crippen LogP contribution is 2.39. The maximum atomic E-state index is 10.4. The van der Waals surface area contributed by atoms with Crippen molar-refractivity contribution in [2.24, 2.45) is 0 Å². The van der Waals surface area contributed by atoms with Gasteiger partial charge in [0.25, 0.3) is 0 Å². The number of hydrogen-bond donors (Lipinski definition) is 2. The molecule has 0 aliphatic rings. The van der Waals surface area contributed by atoms with Crippen LogP contribution in [0.3, 0.4) is 0 Å². The van der Waals surface area contributed by atoms with E-state index in [1.807, 2.05) is 0 Å². The van der Waals surface area contributed by atoms with Crippen LogP contribution in [-0.2, 0) is 4.79 Å². The van der Waals surface area contributed by atoms with E-state index in [9.17, 15) is 4.79 Å². The SMILES string of the molecule is COc1cc(N)cc(OCCCC(=O)O)c1OC. The zero-order valence-electron chi connectivity index (χ0n) is 10.4. The molecule has 0 heterocycles. The molecule has 0 aliphatic carbocycles. The van der Waals surface area contributed by atoms with Crippen LogP contribution in [0.4, 0.5) is 5.69 Å². The van der Waals surface area contributed by atoms with Gasteiger partial charge in [-0.3, -0.25) is 4.79 Å². The molecule has 100 valence electrons. The molecule has 0 radical (unpaired) electrons. The van der Waals surface area contributed by atoms with Crippen LogP contribution in [0.15, 0.2) is 12.1 Å². The van der Waals surface area contributed by atoms with Crippen molar-refractivity contribution in [1.82, 2.24) is 0 Å². The second-order valence-corrected chi connectivity index (χ2v) is 3.60. The molecule has 0 amide bonds. The van der Waals surface area contributed by atoms with Gasteiger partial charge in [0.1, 0.15) is 0 Å². The van der Waals surface area contributed by atoms with E-state index in [0.29, 0.717) is 29.4 Å². The van der Waals surface area contributed by atoms with Crippen LogP contribution in [0.25, 0.3) is 0 Å². The van der Waals surface area contributed by atoms with Crippen molar-refractivity contribution in [3.8, 4) is 17.2 Å². The molecular weight excluding hydrogens is 238 g/mol. The standard InChI is InChI=1S/C12H17NO5/c1-16-9-6-8(13)7-10(12(9)17-2)18-5-3-4-11(14)15/h6-7H,3-5,13H2,1-2H3,(H,14,15). The first-order chi connectivity index (χ1) is 8.58. The average Bonchev–Trinajstić information content (AvgIpc) is 2.33. The molecule has 0 saturated heterocycles. The topological polar surface area (TPSA) is 91.0 Å². The number of carbonyl (C=O) groups is 1. The predicted octanol–water partition coefficient (Wildman–Crippen LogP) is 1.53. The summed E-state index contributed by atoms with van der Waals surface area (Å²) in [5, 5.41) is 8.52. The van der Waals surface area contributed by atoms with Crippen LogP contribution in [0.5, 0.6) is 17.2 Å². The fourth-order valence-corrected chi connectivity index (χ4v) is 1.46. The molecule has 1 aromatic rings. The van der Waals surface area contributed by atoms with Gasteiger partial charge in [-0.15, -0.1) is 0 Å². The summed E-state index contributed by atoms with van der Waals surface area (Å²) >= 11 is 0. The van der Waals surface area contributed by atoms with Gasteiger partial charge in [0.05, 0.1) is 20.8 Å². The molecule has 0 saturated carbocycles. The largest absolute Gasteiger partial charge is 0.493 e. The summed E-state index contributed by atoms with van der Waals surface area (Å²) in [5.74, 6) is 0.517. The third-order valence-electron chi connectivity index (χ3n) is 2.26. The smallest absolute Gasteiger partial charge is 0.303 e. The predicted molar refractivity (Wildman–Crippen MR) is 66.3 cm³/mol. The average molecular weight is 255 g/mol. The summed E-state index contributed by atoms with van der Waals surface area (Å²) in [6, 6.07) is 3.24. The zero-order chi connectivity index (χ0) is 13.5. The molecular formula is C12H17NO5. The highest BCUT2D eigenvalue weighted by atomic mass is 16.5. The molecule has 0 aliphatic heterocycles. The van der Waals surface area contributed by atoms with Crippen LogP contribution in [0, 0.1) is 0 Å². The number of nitrogen functional groups attached to an aromatic ring is 1. The van der Waals surface area contributed by atoms with E-state index in [4.69, 9.17) is 25.1 Å². The maximum Gasteiger partial charge on any atom is 0.303 e. The van der Waals surface area contributed by atoms with Gasteiger partial charge in [-0.2, -0.15) is 0 Å². The lowest BCUT2D eigenvalue weighted by molar-refractivity contribution is -0.137. The highest BCUT2D eigenvalue weighted by molar-refractivity contribution is 5.66. The molecule has 6 heteroatoms. The lowest BCUT2D eigenvalue weighted by atomic mass is 10.2. The summed E-state index contributed by atoms with van der Waals surface area (Å²) in [4.78, 5) is 10.4. The number of carboxylic acid groups (broad SMARTS) is 1. The molecule has 0 aromatic heterocycles. The number of aliphatic carboxylic acids is 1. The Morgan fingerprint density at radius 2 is 1.94 bits per heavy atom. The summed E-state index contributed by atoms with van der Waals surface area (Å²) in [5.41, 5.74) is 6.19. The number of ether oxygens (including phenoxy) is 3. The van der Waals surface area contributed by atoms with Gasteiger partial charge >= 0.3 is 5.97 Å². The minimum Gasteiger partial charge on any atom is -0.493 e. The van der Waals surface area contributed by atoms with Crippen molar-refractivity contribution in [1.29, 1.82) is 0 Å². The van der Waals surface area contributed by atoms with Gasteiger partial charge in [0.15, 0.2) is 11.5 Å². The molecule has 3 N–H and O–H groups in total. The number of methoxy groups -OCH3 is 2. The minimum absolute atomic E-state index is 0.0573. The first-order valence-corrected chi connectivity index (χ1v) is 5.44. The monoisotopic (exact) mass is 255 g/mol. The van der Waals surface area contributed by atoms with Crippen LogP contribution >= 0.6 is 0 Å². The van der Waals surface area contributed by atoms with Crippen molar-refractivity contribution in [3.63, 3.8) is 0 Å². The summed E-state index contributed by atoms with van der Waals surface area (Å²) in [6.45, 7) is 0.273. The summed E-state index contributed by atoms with van der Waals surface area (Å²) in [7, 11) is 3.00. The van der Waals surface area contributed by atoms with Crippen molar-refractivity contribution in [3.05, 3.63) is 12.1 Å². The van der Waals surface area contributed by atoms with Crippen LogP contribution in [0.1, 0.15) is 12.8 Å². The van der Waals surface area contributed by atoms with E-state index in [1.165, 1.54) is 14.2 Å². The lowest BCUT2D eigenvalue weighted by Gasteiger charge is -2.14. The Labute approximate surface area is 105 Å². The van der Waals surface area contributed by atoms with Crippen molar-refractivity contribution >= 4 is 11.7 Å². The first-order valence-electron chi connectivity index (χ1n) is 5.44. The third-order valence-corrected chi connectivity index (χ3v) is 2.26. The summed E-state index contributed by atoms with van der Waals surface area (Å²) < 4.78 is 15.8. The molecule has 0 fully saturated rings. The Hall–Kier alpha value is -2.11. The molecule has 0 atom stereocenters. The Morgan fingerprint density at radius 1 is 1.28 bits per heavy atom. The normalized spacial score (nSPS) is 9.89. The van der Waals surface area contributed by atoms with E-state index >= 15 is 0 Å². The molecule has 6 nitrogen and oxygen atoms in total. The summed E-state index contributed by atoms with van der Waals surface area (Å²) in [6.07, 6.45) is 0.470. The Morgan fingerprint density at radius 3 is 2.50 bits per heavy atom. The second kappa shape index (κ2) is 6.58. The van der Waals surface area contributed by atoms with E-state index in [1.54, 1.807) is 12.1 Å². The maximum absolute atomic E-state index is 10.4. The molecule has 0 unspecified atom stereocenters. The molecule has 0 bridgehead atoms. The van der Waals surface area contributed by atoms with Crippen LogP contribution < -0.4 is 19.9 Å². The number of hydrogen-bond acceptors (Lipinski definition) is 5. The first kappa shape index (κ1) is 14.0. The number of anilines is 1. The fourth-order valence-electron chi connectivity index (χ4n) is 1.46. The highest BCUT2D eigenvalue weighted by Gasteiger charge is 2.12. The number of carboxylic acids is 1. The Kier molecular flexibility index (Phi) is 5.10. The number of benzene rings is 1. The van der Waals surface area contributed by atoms with Crippen molar-refractivity contribution < 1.29 is 24.1 Å². The second-order valence-electron chi connectivity index (χ2n) is 3.60. The van der Waals surface area contributed by atoms with Gasteiger partial charge in [-0.1, -0.05) is 0 Å². The molecule has 1 aromatic carbocycles. The third kappa shape index (κ3) is 3.73. The molecule has 1 rings (SSSR count). The Bertz CT molecular complexity index is 419. The number of rotatable bonds is 7. The van der Waals surface area contributed by atoms with E-state index in [0.717, 1.165) is 0 Å². The van der Waals surface area contributed by atoms with E-state index in [2.05, 4.69) is 0 Å². The van der Waals surface area contributed by atoms with Crippen molar-refractivity contribution in [2.75, 3.05) is 26.6 Å². The van der Waals surface area contributed by atoms with Crippen molar-refractivity contribution in [2.45, 2.75) is 12.8 Å². The van der Waals surface area contributed by atoms with Gasteiger partial charge < -0.3 is 25.1 Å². The minimum atomic E-state index is -0.851. The van der Waals surface area contributed by atoms with Gasteiger partial charge in [0, 0.05) is 24.2 Å². The molecule has 18 heavy (non-hydrogen) atoms. The van der Waals surface area contributed by atoms with Gasteiger partial charge in [-0.25, -0.2) is 0 Å². The van der Waals surface area contributed by atoms with Crippen LogP contribution in [0.2, 0.25) is 0 Å². The fraction of sp³-hybridized carbons (Fsp3) is 0.417.